The van der Waals surface area contributed by atoms with E-state index in [0.29, 0.717) is 18.0 Å². The van der Waals surface area contributed by atoms with Gasteiger partial charge in [0.25, 0.3) is 0 Å². The Morgan fingerprint density at radius 2 is 2.05 bits per heavy atom. The van der Waals surface area contributed by atoms with Crippen molar-refractivity contribution in [3.05, 3.63) is 11.1 Å². The normalized spacial score (nSPS) is 28.5. The molecular formula is C13H17N3O3S. The third kappa shape index (κ3) is 2.43. The van der Waals surface area contributed by atoms with Gasteiger partial charge in [0.15, 0.2) is 5.13 Å². The molecule has 3 atom stereocenters. The summed E-state index contributed by atoms with van der Waals surface area (Å²) in [5, 5.41) is 14.5. The summed E-state index contributed by atoms with van der Waals surface area (Å²) in [7, 11) is 0. The van der Waals surface area contributed by atoms with Gasteiger partial charge in [-0.15, -0.1) is 11.3 Å². The van der Waals surface area contributed by atoms with E-state index in [1.165, 1.54) is 11.3 Å². The van der Waals surface area contributed by atoms with Gasteiger partial charge < -0.3 is 10.0 Å². The molecule has 20 heavy (non-hydrogen) atoms. The van der Waals surface area contributed by atoms with Crippen molar-refractivity contribution < 1.29 is 14.7 Å². The summed E-state index contributed by atoms with van der Waals surface area (Å²) in [4.78, 5) is 30.1. The fourth-order valence-electron chi connectivity index (χ4n) is 3.16. The van der Waals surface area contributed by atoms with Crippen LogP contribution >= 0.6 is 11.3 Å². The van der Waals surface area contributed by atoms with Crippen LogP contribution in [-0.2, 0) is 9.59 Å². The molecule has 3 rings (SSSR count). The van der Waals surface area contributed by atoms with Crippen LogP contribution in [0.15, 0.2) is 5.38 Å². The van der Waals surface area contributed by atoms with Gasteiger partial charge in [-0.05, 0) is 32.6 Å². The van der Waals surface area contributed by atoms with Crippen molar-refractivity contribution in [2.75, 3.05) is 5.32 Å². The van der Waals surface area contributed by atoms with Gasteiger partial charge >= 0.3 is 11.8 Å². The summed E-state index contributed by atoms with van der Waals surface area (Å²) in [6, 6.07) is 0.0000574. The van der Waals surface area contributed by atoms with Crippen LogP contribution in [-0.4, -0.2) is 45.0 Å². The number of thiazole rings is 1. The molecule has 2 saturated heterocycles. The Labute approximate surface area is 120 Å². The number of hydrogen-bond acceptors (Lipinski definition) is 5. The molecule has 1 aromatic heterocycles. The van der Waals surface area contributed by atoms with Crippen LogP contribution in [0.3, 0.4) is 0 Å². The molecule has 0 aromatic carbocycles. The Kier molecular flexibility index (Phi) is 3.47. The van der Waals surface area contributed by atoms with Crippen molar-refractivity contribution in [3.8, 4) is 0 Å². The first-order valence-corrected chi connectivity index (χ1v) is 7.66. The van der Waals surface area contributed by atoms with Crippen molar-refractivity contribution in [2.24, 2.45) is 0 Å². The first kappa shape index (κ1) is 13.5. The Morgan fingerprint density at radius 1 is 1.40 bits per heavy atom. The molecule has 1 aromatic rings. The zero-order chi connectivity index (χ0) is 14.3. The van der Waals surface area contributed by atoms with E-state index in [1.807, 2.05) is 12.3 Å². The number of fused-ring (bicyclic) bond motifs is 2. The van der Waals surface area contributed by atoms with Crippen LogP contribution in [0.1, 0.15) is 31.4 Å². The fourth-order valence-corrected chi connectivity index (χ4v) is 3.84. The van der Waals surface area contributed by atoms with Gasteiger partial charge in [0.2, 0.25) is 0 Å². The number of carbonyl (C=O) groups is 2. The number of anilines is 1. The second-order valence-corrected chi connectivity index (χ2v) is 6.33. The fraction of sp³-hybridized carbons (Fsp3) is 0.615. The number of aryl methyl sites for hydroxylation is 1. The van der Waals surface area contributed by atoms with Crippen LogP contribution in [0.2, 0.25) is 0 Å². The maximum atomic E-state index is 12.3. The number of piperidine rings is 1. The molecule has 0 aliphatic carbocycles. The molecule has 3 heterocycles. The first-order valence-electron chi connectivity index (χ1n) is 6.78. The van der Waals surface area contributed by atoms with E-state index in [2.05, 4.69) is 10.3 Å². The van der Waals surface area contributed by atoms with Gasteiger partial charge in [-0.3, -0.25) is 14.9 Å². The molecule has 0 radical (unpaired) electrons. The molecule has 2 N–H and O–H groups in total. The molecule has 2 aliphatic heterocycles. The standard InChI is InChI=1S/C13H17N3O3S/c1-7-6-20-13(14-7)15-11(18)12(19)16-8-2-3-9(16)5-10(17)4-8/h6,8-10,17H,2-5H2,1H3,(H,14,15,18)/t8-,9+,10?. The molecule has 6 nitrogen and oxygen atoms in total. The summed E-state index contributed by atoms with van der Waals surface area (Å²) in [5.74, 6) is -1.13. The Morgan fingerprint density at radius 3 is 2.60 bits per heavy atom. The van der Waals surface area contributed by atoms with E-state index >= 15 is 0 Å². The number of rotatable bonds is 1. The maximum Gasteiger partial charge on any atom is 0.315 e. The lowest BCUT2D eigenvalue weighted by Crippen LogP contribution is -2.51. The highest BCUT2D eigenvalue weighted by Gasteiger charge is 2.44. The van der Waals surface area contributed by atoms with E-state index in [-0.39, 0.29) is 18.2 Å². The SMILES string of the molecule is Cc1csc(NC(=O)C(=O)N2[C@@H]3CC[C@H]2CC(O)C3)n1. The largest absolute Gasteiger partial charge is 0.393 e. The minimum atomic E-state index is -0.632. The molecule has 108 valence electrons. The van der Waals surface area contributed by atoms with E-state index < -0.39 is 11.8 Å². The van der Waals surface area contributed by atoms with Crippen molar-refractivity contribution >= 4 is 28.3 Å². The number of nitrogens with zero attached hydrogens (tertiary/aromatic N) is 2. The van der Waals surface area contributed by atoms with Crippen molar-refractivity contribution in [2.45, 2.75) is 50.8 Å². The molecular weight excluding hydrogens is 278 g/mol. The first-order chi connectivity index (χ1) is 9.54. The molecule has 2 fully saturated rings. The average molecular weight is 295 g/mol. The van der Waals surface area contributed by atoms with Crippen LogP contribution in [0.5, 0.6) is 0 Å². The van der Waals surface area contributed by atoms with Crippen molar-refractivity contribution in [3.63, 3.8) is 0 Å². The van der Waals surface area contributed by atoms with Crippen molar-refractivity contribution in [1.29, 1.82) is 0 Å². The van der Waals surface area contributed by atoms with Gasteiger partial charge in [0.05, 0.1) is 11.8 Å². The highest BCUT2D eigenvalue weighted by Crippen LogP contribution is 2.35. The van der Waals surface area contributed by atoms with E-state index in [9.17, 15) is 14.7 Å². The monoisotopic (exact) mass is 295 g/mol. The minimum Gasteiger partial charge on any atom is -0.393 e. The molecule has 0 saturated carbocycles. The lowest BCUT2D eigenvalue weighted by Gasteiger charge is -2.36. The number of aliphatic hydroxyl groups is 1. The Balaban J connectivity index is 1.68. The zero-order valence-electron chi connectivity index (χ0n) is 11.2. The van der Waals surface area contributed by atoms with Crippen LogP contribution in [0.4, 0.5) is 5.13 Å². The molecule has 0 spiro atoms. The number of nitrogens with one attached hydrogen (secondary N) is 1. The second kappa shape index (κ2) is 5.14. The summed E-state index contributed by atoms with van der Waals surface area (Å²) in [6.07, 6.45) is 2.55. The minimum absolute atomic E-state index is 0.0000287. The summed E-state index contributed by atoms with van der Waals surface area (Å²) in [6.45, 7) is 1.83. The number of carbonyl (C=O) groups excluding carboxylic acids is 2. The molecule has 7 heteroatoms. The third-order valence-electron chi connectivity index (χ3n) is 3.98. The van der Waals surface area contributed by atoms with Gasteiger partial charge in [-0.25, -0.2) is 4.98 Å². The number of aromatic nitrogens is 1. The van der Waals surface area contributed by atoms with Gasteiger partial charge in [-0.2, -0.15) is 0 Å². The average Bonchev–Trinajstić information content (AvgIpc) is 2.91. The maximum absolute atomic E-state index is 12.3. The smallest absolute Gasteiger partial charge is 0.315 e. The van der Waals surface area contributed by atoms with Crippen LogP contribution in [0, 0.1) is 6.92 Å². The highest BCUT2D eigenvalue weighted by molar-refractivity contribution is 7.14. The van der Waals surface area contributed by atoms with Crippen LogP contribution < -0.4 is 5.32 Å². The number of aliphatic hydroxyl groups excluding tert-OH is 1. The molecule has 2 bridgehead atoms. The predicted octanol–water partition coefficient (Wildman–Crippen LogP) is 0.904. The second-order valence-electron chi connectivity index (χ2n) is 5.47. The lowest BCUT2D eigenvalue weighted by molar-refractivity contribution is -0.147. The molecule has 2 amide bonds. The van der Waals surface area contributed by atoms with E-state index in [4.69, 9.17) is 0 Å². The predicted molar refractivity (Wildman–Crippen MR) is 74.4 cm³/mol. The summed E-state index contributed by atoms with van der Waals surface area (Å²) in [5.41, 5.74) is 0.818. The Bertz CT molecular complexity index is 531. The van der Waals surface area contributed by atoms with Crippen LogP contribution in [0.25, 0.3) is 0 Å². The van der Waals surface area contributed by atoms with Crippen molar-refractivity contribution in [1.82, 2.24) is 9.88 Å². The van der Waals surface area contributed by atoms with Gasteiger partial charge in [-0.1, -0.05) is 0 Å². The van der Waals surface area contributed by atoms with Gasteiger partial charge in [0, 0.05) is 17.5 Å². The van der Waals surface area contributed by atoms with Gasteiger partial charge in [0.1, 0.15) is 0 Å². The van der Waals surface area contributed by atoms with E-state index in [1.54, 1.807) is 4.90 Å². The lowest BCUT2D eigenvalue weighted by atomic mass is 10.00. The molecule has 2 aliphatic rings. The number of amides is 2. The molecule has 1 unspecified atom stereocenters. The summed E-state index contributed by atoms with van der Waals surface area (Å²) >= 11 is 1.31. The summed E-state index contributed by atoms with van der Waals surface area (Å²) < 4.78 is 0. The number of hydrogen-bond donors (Lipinski definition) is 2. The Hall–Kier alpha value is -1.47. The third-order valence-corrected chi connectivity index (χ3v) is 4.85. The topological polar surface area (TPSA) is 82.5 Å². The quantitative estimate of drug-likeness (QED) is 0.754. The zero-order valence-corrected chi connectivity index (χ0v) is 12.0. The highest BCUT2D eigenvalue weighted by atomic mass is 32.1. The van der Waals surface area contributed by atoms with E-state index in [0.717, 1.165) is 18.5 Å².